The van der Waals surface area contributed by atoms with Crippen LogP contribution in [-0.4, -0.2) is 13.0 Å². The van der Waals surface area contributed by atoms with E-state index < -0.39 is 10.1 Å². The van der Waals surface area contributed by atoms with Crippen LogP contribution in [0, 0.1) is 0 Å². The topological polar surface area (TPSA) is 54.4 Å². The monoisotopic (exact) mass is 442 g/mol. The molecule has 25 heavy (non-hydrogen) atoms. The fourth-order valence-corrected chi connectivity index (χ4v) is 5.10. The molecule has 0 atom stereocenters. The standard InChI is InChI=1S/C16H6Cl4O3S.Na.H/c17-9-4-11(19)8-3-13(24(21,22)23)16-12(20)5-10(18)7-2-1-6(9)14(8)15(7)16;;/h1-5H,(H,21,22,23);;/q;+1;-1. The third-order valence-corrected chi connectivity index (χ3v) is 6.16. The summed E-state index contributed by atoms with van der Waals surface area (Å²) in [7, 11) is -4.53. The van der Waals surface area contributed by atoms with Gasteiger partial charge in [0.25, 0.3) is 10.1 Å². The summed E-state index contributed by atoms with van der Waals surface area (Å²) in [4.78, 5) is -0.321. The first kappa shape index (κ1) is 19.7. The maximum atomic E-state index is 11.9. The van der Waals surface area contributed by atoms with E-state index in [-0.39, 0.29) is 51.3 Å². The Hall–Kier alpha value is -0.0100. The van der Waals surface area contributed by atoms with Crippen molar-refractivity contribution in [3.63, 3.8) is 0 Å². The molecule has 0 aliphatic heterocycles. The van der Waals surface area contributed by atoms with Crippen molar-refractivity contribution < 1.29 is 44.0 Å². The van der Waals surface area contributed by atoms with Gasteiger partial charge in [-0.3, -0.25) is 4.55 Å². The van der Waals surface area contributed by atoms with Crippen molar-refractivity contribution in [2.24, 2.45) is 0 Å². The summed E-state index contributed by atoms with van der Waals surface area (Å²) >= 11 is 25.1. The van der Waals surface area contributed by atoms with Gasteiger partial charge in [0, 0.05) is 47.4 Å². The molecule has 1 N–H and O–H groups in total. The molecule has 0 saturated heterocycles. The molecule has 0 aromatic heterocycles. The van der Waals surface area contributed by atoms with Crippen LogP contribution in [0.5, 0.6) is 0 Å². The molecule has 0 saturated carbocycles. The Bertz CT molecular complexity index is 1280. The average molecular weight is 444 g/mol. The minimum atomic E-state index is -4.53. The Morgan fingerprint density at radius 1 is 0.720 bits per heavy atom. The van der Waals surface area contributed by atoms with Crippen LogP contribution < -0.4 is 29.6 Å². The number of halogens is 4. The van der Waals surface area contributed by atoms with Gasteiger partial charge in [0.1, 0.15) is 4.90 Å². The maximum absolute atomic E-state index is 11.9. The van der Waals surface area contributed by atoms with Gasteiger partial charge in [-0.2, -0.15) is 8.42 Å². The van der Waals surface area contributed by atoms with Gasteiger partial charge in [-0.05, 0) is 18.2 Å². The Kier molecular flexibility index (Phi) is 5.17. The van der Waals surface area contributed by atoms with Gasteiger partial charge < -0.3 is 1.43 Å². The average Bonchev–Trinajstić information content (AvgIpc) is 2.48. The van der Waals surface area contributed by atoms with Crippen molar-refractivity contribution in [1.29, 1.82) is 0 Å². The predicted octanol–water partition coefficient (Wildman–Crippen LogP) is 3.56. The molecule has 4 aromatic carbocycles. The fraction of sp³-hybridized carbons (Fsp3) is 0. The van der Waals surface area contributed by atoms with E-state index in [9.17, 15) is 13.0 Å². The van der Waals surface area contributed by atoms with Crippen molar-refractivity contribution in [3.05, 3.63) is 50.4 Å². The van der Waals surface area contributed by atoms with Crippen LogP contribution in [0.1, 0.15) is 1.43 Å². The van der Waals surface area contributed by atoms with Crippen molar-refractivity contribution in [2.45, 2.75) is 4.90 Å². The van der Waals surface area contributed by atoms with Crippen molar-refractivity contribution in [2.75, 3.05) is 0 Å². The largest absolute Gasteiger partial charge is 1.00 e. The van der Waals surface area contributed by atoms with Crippen LogP contribution in [0.3, 0.4) is 0 Å². The van der Waals surface area contributed by atoms with Crippen LogP contribution in [0.25, 0.3) is 32.3 Å². The SMILES string of the molecule is O=S(=O)(O)c1cc2c(Cl)cc(Cl)c3ccc4c(Cl)cc(Cl)c1c4c32.[H-].[Na+]. The van der Waals surface area contributed by atoms with Crippen molar-refractivity contribution >= 4 is 88.8 Å². The van der Waals surface area contributed by atoms with E-state index in [0.717, 1.165) is 0 Å². The molecule has 3 nitrogen and oxygen atoms in total. The second-order valence-corrected chi connectivity index (χ2v) is 8.38. The van der Waals surface area contributed by atoms with Gasteiger partial charge in [0.15, 0.2) is 0 Å². The van der Waals surface area contributed by atoms with Crippen molar-refractivity contribution in [3.8, 4) is 0 Å². The van der Waals surface area contributed by atoms with E-state index in [4.69, 9.17) is 46.4 Å². The summed E-state index contributed by atoms with van der Waals surface area (Å²) in [6.07, 6.45) is 0. The van der Waals surface area contributed by atoms with Crippen LogP contribution in [0.15, 0.2) is 35.2 Å². The van der Waals surface area contributed by atoms with E-state index in [2.05, 4.69) is 0 Å². The summed E-state index contributed by atoms with van der Waals surface area (Å²) in [6.45, 7) is 0. The Morgan fingerprint density at radius 3 is 1.76 bits per heavy atom. The summed E-state index contributed by atoms with van der Waals surface area (Å²) in [5.41, 5.74) is 0. The normalized spacial score (nSPS) is 12.2. The quantitative estimate of drug-likeness (QED) is 0.278. The van der Waals surface area contributed by atoms with Crippen LogP contribution in [0.4, 0.5) is 0 Å². The fourth-order valence-electron chi connectivity index (χ4n) is 3.10. The van der Waals surface area contributed by atoms with Gasteiger partial charge in [0.2, 0.25) is 0 Å². The zero-order valence-electron chi connectivity index (χ0n) is 13.6. The van der Waals surface area contributed by atoms with Crippen LogP contribution in [0.2, 0.25) is 20.1 Å². The second kappa shape index (κ2) is 6.55. The molecule has 0 amide bonds. The molecule has 0 fully saturated rings. The maximum Gasteiger partial charge on any atom is 1.00 e. The molecule has 0 aliphatic rings. The van der Waals surface area contributed by atoms with E-state index in [1.54, 1.807) is 12.1 Å². The first-order valence-electron chi connectivity index (χ1n) is 6.62. The van der Waals surface area contributed by atoms with E-state index in [0.29, 0.717) is 37.0 Å². The molecule has 124 valence electrons. The van der Waals surface area contributed by atoms with Gasteiger partial charge in [-0.15, -0.1) is 0 Å². The zero-order valence-corrected chi connectivity index (χ0v) is 18.4. The molecule has 4 aromatic rings. The molecule has 0 heterocycles. The predicted molar refractivity (Wildman–Crippen MR) is 101 cm³/mol. The van der Waals surface area contributed by atoms with Crippen LogP contribution >= 0.6 is 46.4 Å². The molecule has 0 radical (unpaired) electrons. The van der Waals surface area contributed by atoms with E-state index >= 15 is 0 Å². The van der Waals surface area contributed by atoms with E-state index in [1.807, 2.05) is 0 Å². The smallest absolute Gasteiger partial charge is 1.00 e. The molecule has 0 aliphatic carbocycles. The van der Waals surface area contributed by atoms with Crippen molar-refractivity contribution in [1.82, 2.24) is 0 Å². The zero-order chi connectivity index (χ0) is 17.4. The van der Waals surface area contributed by atoms with Gasteiger partial charge in [-0.25, -0.2) is 0 Å². The summed E-state index contributed by atoms with van der Waals surface area (Å²) in [5, 5.41) is 4.23. The molecule has 4 rings (SSSR count). The third kappa shape index (κ3) is 2.92. The van der Waals surface area contributed by atoms with Gasteiger partial charge >= 0.3 is 29.6 Å². The second-order valence-electron chi connectivity index (χ2n) is 5.36. The summed E-state index contributed by atoms with van der Waals surface area (Å²) in [6, 6.07) is 7.80. The molecule has 0 bridgehead atoms. The van der Waals surface area contributed by atoms with Gasteiger partial charge in [0.05, 0.1) is 5.02 Å². The van der Waals surface area contributed by atoms with Crippen LogP contribution in [-0.2, 0) is 10.1 Å². The summed E-state index contributed by atoms with van der Waals surface area (Å²) in [5.74, 6) is 0. The molecular weight excluding hydrogens is 437 g/mol. The Morgan fingerprint density at radius 2 is 1.20 bits per heavy atom. The first-order chi connectivity index (χ1) is 11.2. The molecule has 0 spiro atoms. The Labute approximate surface area is 186 Å². The minimum absolute atomic E-state index is 0. The number of benzene rings is 4. The summed E-state index contributed by atoms with van der Waals surface area (Å²) < 4.78 is 33.5. The minimum Gasteiger partial charge on any atom is -1.00 e. The molecular formula is C16H7Cl4NaO3S. The van der Waals surface area contributed by atoms with E-state index in [1.165, 1.54) is 18.2 Å². The number of hydrogen-bond donors (Lipinski definition) is 1. The Balaban J connectivity index is 0.00000121. The third-order valence-electron chi connectivity index (χ3n) is 4.04. The molecule has 0 unspecified atom stereocenters. The number of rotatable bonds is 1. The molecule has 9 heteroatoms. The first-order valence-corrected chi connectivity index (χ1v) is 9.57. The van der Waals surface area contributed by atoms with Gasteiger partial charge in [-0.1, -0.05) is 58.5 Å². The number of hydrogen-bond acceptors (Lipinski definition) is 2.